The molecule has 1 aromatic rings. The Morgan fingerprint density at radius 3 is 2.91 bits per heavy atom. The first-order chi connectivity index (χ1) is 11.2. The van der Waals surface area contributed by atoms with E-state index in [1.54, 1.807) is 24.3 Å². The lowest BCUT2D eigenvalue weighted by Gasteiger charge is -2.04. The number of fused-ring (bicyclic) bond motifs is 1. The van der Waals surface area contributed by atoms with E-state index in [2.05, 4.69) is 12.2 Å². The summed E-state index contributed by atoms with van der Waals surface area (Å²) in [5.74, 6) is 0.480. The predicted molar refractivity (Wildman–Crippen MR) is 85.1 cm³/mol. The maximum Gasteiger partial charge on any atom is 0.331 e. The van der Waals surface area contributed by atoms with Crippen LogP contribution in [0, 0.1) is 0 Å². The first-order valence-electron chi connectivity index (χ1n) is 7.70. The van der Waals surface area contributed by atoms with Crippen LogP contribution >= 0.6 is 0 Å². The van der Waals surface area contributed by atoms with E-state index < -0.39 is 5.97 Å². The van der Waals surface area contributed by atoms with Crippen LogP contribution in [0.3, 0.4) is 0 Å². The fourth-order valence-electron chi connectivity index (χ4n) is 2.02. The predicted octanol–water partition coefficient (Wildman–Crippen LogP) is 2.28. The third kappa shape index (κ3) is 5.65. The molecule has 1 aliphatic rings. The number of esters is 1. The Labute approximate surface area is 135 Å². The molecule has 1 aromatic carbocycles. The summed E-state index contributed by atoms with van der Waals surface area (Å²) in [6.07, 6.45) is 5.97. The first kappa shape index (κ1) is 16.9. The van der Waals surface area contributed by atoms with Gasteiger partial charge in [-0.1, -0.05) is 25.8 Å². The molecule has 0 aliphatic carbocycles. The number of hydrogen-bond donors (Lipinski definition) is 1. The minimum Gasteiger partial charge on any atom is -0.454 e. The van der Waals surface area contributed by atoms with Crippen molar-refractivity contribution >= 4 is 18.0 Å². The molecule has 23 heavy (non-hydrogen) atoms. The second-order valence-corrected chi connectivity index (χ2v) is 5.11. The number of carbonyl (C=O) groups is 2. The van der Waals surface area contributed by atoms with Crippen LogP contribution in [0.4, 0.5) is 0 Å². The van der Waals surface area contributed by atoms with Crippen LogP contribution in [-0.2, 0) is 14.3 Å². The fraction of sp³-hybridized carbons (Fsp3) is 0.412. The summed E-state index contributed by atoms with van der Waals surface area (Å²) in [6, 6.07) is 5.35. The number of amides is 1. The normalized spacial score (nSPS) is 12.4. The van der Waals surface area contributed by atoms with E-state index in [0.717, 1.165) is 24.8 Å². The average Bonchev–Trinajstić information content (AvgIpc) is 3.02. The highest BCUT2D eigenvalue weighted by Gasteiger charge is 2.12. The first-order valence-corrected chi connectivity index (χ1v) is 7.70. The lowest BCUT2D eigenvalue weighted by molar-refractivity contribution is -0.143. The van der Waals surface area contributed by atoms with Crippen LogP contribution in [0.5, 0.6) is 11.5 Å². The second-order valence-electron chi connectivity index (χ2n) is 5.11. The van der Waals surface area contributed by atoms with Gasteiger partial charge >= 0.3 is 5.97 Å². The topological polar surface area (TPSA) is 73.9 Å². The van der Waals surface area contributed by atoms with Gasteiger partial charge in [0, 0.05) is 12.6 Å². The summed E-state index contributed by atoms with van der Waals surface area (Å²) < 4.78 is 15.3. The maximum absolute atomic E-state index is 11.6. The summed E-state index contributed by atoms with van der Waals surface area (Å²) in [5.41, 5.74) is 0.787. The van der Waals surface area contributed by atoms with Crippen molar-refractivity contribution in [2.75, 3.05) is 19.9 Å². The van der Waals surface area contributed by atoms with E-state index >= 15 is 0 Å². The van der Waals surface area contributed by atoms with Gasteiger partial charge in [0.2, 0.25) is 6.79 Å². The molecule has 2 rings (SSSR count). The highest BCUT2D eigenvalue weighted by atomic mass is 16.7. The van der Waals surface area contributed by atoms with Crippen molar-refractivity contribution in [3.05, 3.63) is 29.8 Å². The highest BCUT2D eigenvalue weighted by Crippen LogP contribution is 2.32. The molecular weight excluding hydrogens is 298 g/mol. The van der Waals surface area contributed by atoms with Gasteiger partial charge in [0.1, 0.15) is 0 Å². The Balaban J connectivity index is 1.71. The third-order valence-corrected chi connectivity index (χ3v) is 3.26. The average molecular weight is 319 g/mol. The van der Waals surface area contributed by atoms with E-state index in [1.807, 2.05) is 0 Å². The van der Waals surface area contributed by atoms with Crippen LogP contribution in [0.25, 0.3) is 6.08 Å². The van der Waals surface area contributed by atoms with Gasteiger partial charge in [0.25, 0.3) is 5.91 Å². The number of ether oxygens (including phenoxy) is 3. The molecule has 0 fully saturated rings. The van der Waals surface area contributed by atoms with Crippen molar-refractivity contribution in [2.24, 2.45) is 0 Å². The van der Waals surface area contributed by atoms with Crippen LogP contribution in [0.2, 0.25) is 0 Å². The van der Waals surface area contributed by atoms with Gasteiger partial charge < -0.3 is 19.5 Å². The molecule has 0 unspecified atom stereocenters. The van der Waals surface area contributed by atoms with Crippen molar-refractivity contribution in [1.29, 1.82) is 0 Å². The fourth-order valence-corrected chi connectivity index (χ4v) is 2.02. The maximum atomic E-state index is 11.6. The van der Waals surface area contributed by atoms with Gasteiger partial charge in [0.15, 0.2) is 18.1 Å². The zero-order chi connectivity index (χ0) is 16.5. The molecule has 1 heterocycles. The summed E-state index contributed by atoms with van der Waals surface area (Å²) in [7, 11) is 0. The number of rotatable bonds is 8. The molecule has 6 nitrogen and oxygen atoms in total. The summed E-state index contributed by atoms with van der Waals surface area (Å²) in [6.45, 7) is 2.64. The Kier molecular flexibility index (Phi) is 6.47. The van der Waals surface area contributed by atoms with Crippen molar-refractivity contribution in [3.8, 4) is 11.5 Å². The molecule has 0 aromatic heterocycles. The third-order valence-electron chi connectivity index (χ3n) is 3.26. The molecule has 0 bridgehead atoms. The zero-order valence-corrected chi connectivity index (χ0v) is 13.2. The monoisotopic (exact) mass is 319 g/mol. The Bertz CT molecular complexity index is 582. The van der Waals surface area contributed by atoms with Crippen molar-refractivity contribution < 1.29 is 23.8 Å². The van der Waals surface area contributed by atoms with Crippen LogP contribution in [0.1, 0.15) is 31.7 Å². The second kappa shape index (κ2) is 8.82. The number of carbonyl (C=O) groups excluding carboxylic acids is 2. The highest BCUT2D eigenvalue weighted by molar-refractivity contribution is 5.89. The molecule has 0 spiro atoms. The number of unbranched alkanes of at least 4 members (excludes halogenated alkanes) is 2. The Morgan fingerprint density at radius 1 is 1.26 bits per heavy atom. The van der Waals surface area contributed by atoms with Gasteiger partial charge in [-0.2, -0.15) is 0 Å². The summed E-state index contributed by atoms with van der Waals surface area (Å²) in [5, 5.41) is 2.70. The van der Waals surface area contributed by atoms with Gasteiger partial charge in [-0.25, -0.2) is 4.79 Å². The molecule has 6 heteroatoms. The smallest absolute Gasteiger partial charge is 0.331 e. The summed E-state index contributed by atoms with van der Waals surface area (Å²) in [4.78, 5) is 23.1. The number of hydrogen-bond acceptors (Lipinski definition) is 5. The number of nitrogens with one attached hydrogen (secondary N) is 1. The molecule has 0 radical (unpaired) electrons. The molecule has 124 valence electrons. The van der Waals surface area contributed by atoms with Gasteiger partial charge in [-0.15, -0.1) is 0 Å². The molecule has 0 saturated carbocycles. The SMILES string of the molecule is CCCCCNC(=O)COC(=O)/C=C/c1ccc2c(c1)OCO2. The molecule has 1 aliphatic heterocycles. The Hall–Kier alpha value is -2.50. The van der Waals surface area contributed by atoms with Crippen LogP contribution in [-0.4, -0.2) is 31.8 Å². The van der Waals surface area contributed by atoms with E-state index in [-0.39, 0.29) is 19.3 Å². The molecule has 1 amide bonds. The van der Waals surface area contributed by atoms with Crippen molar-refractivity contribution in [1.82, 2.24) is 5.32 Å². The quantitative estimate of drug-likeness (QED) is 0.452. The molecule has 1 N–H and O–H groups in total. The number of benzene rings is 1. The molecule has 0 saturated heterocycles. The largest absolute Gasteiger partial charge is 0.454 e. The van der Waals surface area contributed by atoms with Crippen molar-refractivity contribution in [3.63, 3.8) is 0 Å². The standard InChI is InChI=1S/C17H21NO5/c1-2-3-4-9-18-16(19)11-21-17(20)8-6-13-5-7-14-15(10-13)23-12-22-14/h5-8,10H,2-4,9,11-12H2,1H3,(H,18,19)/b8-6+. The molecular formula is C17H21NO5. The minimum atomic E-state index is -0.564. The van der Waals surface area contributed by atoms with Crippen molar-refractivity contribution in [2.45, 2.75) is 26.2 Å². The lowest BCUT2D eigenvalue weighted by Crippen LogP contribution is -2.29. The lowest BCUT2D eigenvalue weighted by atomic mass is 10.2. The zero-order valence-electron chi connectivity index (χ0n) is 13.2. The van der Waals surface area contributed by atoms with E-state index in [4.69, 9.17) is 14.2 Å². The van der Waals surface area contributed by atoms with E-state index in [0.29, 0.717) is 18.0 Å². The van der Waals surface area contributed by atoms with Crippen LogP contribution in [0.15, 0.2) is 24.3 Å². The van der Waals surface area contributed by atoms with Gasteiger partial charge in [0.05, 0.1) is 0 Å². The summed E-state index contributed by atoms with van der Waals surface area (Å²) >= 11 is 0. The van der Waals surface area contributed by atoms with Crippen LogP contribution < -0.4 is 14.8 Å². The van der Waals surface area contributed by atoms with Gasteiger partial charge in [-0.05, 0) is 30.2 Å². The van der Waals surface area contributed by atoms with E-state index in [1.165, 1.54) is 6.08 Å². The molecule has 0 atom stereocenters. The van der Waals surface area contributed by atoms with Gasteiger partial charge in [-0.3, -0.25) is 4.79 Å². The minimum absolute atomic E-state index is 0.206. The Morgan fingerprint density at radius 2 is 2.09 bits per heavy atom. The van der Waals surface area contributed by atoms with E-state index in [9.17, 15) is 9.59 Å².